The molecule has 1 atom stereocenters. The number of benzene rings is 2. The number of aryl methyl sites for hydroxylation is 1. The Labute approximate surface area is 130 Å². The van der Waals surface area contributed by atoms with E-state index in [1.54, 1.807) is 24.3 Å². The van der Waals surface area contributed by atoms with Crippen LogP contribution in [0.3, 0.4) is 0 Å². The molecule has 1 N–H and O–H groups in total. The summed E-state index contributed by atoms with van der Waals surface area (Å²) in [6, 6.07) is 16.5. The molecular formula is C18H18N2O2. The van der Waals surface area contributed by atoms with Crippen LogP contribution >= 0.6 is 0 Å². The van der Waals surface area contributed by atoms with E-state index in [9.17, 15) is 4.79 Å². The number of anilines is 1. The van der Waals surface area contributed by atoms with Crippen molar-refractivity contribution >= 4 is 11.6 Å². The molecular weight excluding hydrogens is 276 g/mol. The number of amides is 1. The summed E-state index contributed by atoms with van der Waals surface area (Å²) in [5.74, 6) is 0.437. The van der Waals surface area contributed by atoms with Crippen molar-refractivity contribution in [1.29, 1.82) is 5.26 Å². The van der Waals surface area contributed by atoms with Crippen LogP contribution in [0, 0.1) is 18.3 Å². The summed E-state index contributed by atoms with van der Waals surface area (Å²) in [4.78, 5) is 12.4. The molecule has 22 heavy (non-hydrogen) atoms. The monoisotopic (exact) mass is 294 g/mol. The summed E-state index contributed by atoms with van der Waals surface area (Å²) in [7, 11) is 0. The van der Waals surface area contributed by atoms with Crippen molar-refractivity contribution in [2.24, 2.45) is 0 Å². The fourth-order valence-electron chi connectivity index (χ4n) is 2.07. The van der Waals surface area contributed by atoms with Gasteiger partial charge in [0.2, 0.25) is 0 Å². The molecule has 0 saturated heterocycles. The summed E-state index contributed by atoms with van der Waals surface area (Å²) in [5, 5.41) is 11.8. The van der Waals surface area contributed by atoms with Crippen LogP contribution < -0.4 is 10.1 Å². The molecule has 0 aliphatic rings. The largest absolute Gasteiger partial charge is 0.480 e. The zero-order valence-corrected chi connectivity index (χ0v) is 12.7. The van der Waals surface area contributed by atoms with Crippen molar-refractivity contribution in [1.82, 2.24) is 0 Å². The first-order chi connectivity index (χ1) is 10.7. The molecule has 0 aliphatic heterocycles. The maximum atomic E-state index is 12.4. The van der Waals surface area contributed by atoms with E-state index in [1.165, 1.54) is 0 Å². The molecule has 0 bridgehead atoms. The maximum absolute atomic E-state index is 12.4. The van der Waals surface area contributed by atoms with Gasteiger partial charge in [-0.15, -0.1) is 0 Å². The van der Waals surface area contributed by atoms with Crippen LogP contribution in [0.2, 0.25) is 0 Å². The molecule has 0 aliphatic carbocycles. The lowest BCUT2D eigenvalue weighted by atomic mass is 10.1. The Balaban J connectivity index is 2.13. The Morgan fingerprint density at radius 2 is 1.91 bits per heavy atom. The first-order valence-corrected chi connectivity index (χ1v) is 7.18. The van der Waals surface area contributed by atoms with Gasteiger partial charge in [-0.2, -0.15) is 5.26 Å². The lowest BCUT2D eigenvalue weighted by molar-refractivity contribution is -0.122. The van der Waals surface area contributed by atoms with Crippen LogP contribution in [-0.4, -0.2) is 12.0 Å². The van der Waals surface area contributed by atoms with Crippen molar-refractivity contribution in [3.05, 3.63) is 59.7 Å². The minimum Gasteiger partial charge on any atom is -0.480 e. The zero-order valence-electron chi connectivity index (χ0n) is 12.7. The number of ether oxygens (including phenoxy) is 1. The molecule has 0 radical (unpaired) electrons. The van der Waals surface area contributed by atoms with Gasteiger partial charge in [0.1, 0.15) is 11.8 Å². The van der Waals surface area contributed by atoms with E-state index >= 15 is 0 Å². The molecule has 112 valence electrons. The van der Waals surface area contributed by atoms with Crippen LogP contribution in [0.15, 0.2) is 48.5 Å². The van der Waals surface area contributed by atoms with Crippen LogP contribution in [0.4, 0.5) is 5.69 Å². The lowest BCUT2D eigenvalue weighted by Crippen LogP contribution is -2.32. The highest BCUT2D eigenvalue weighted by atomic mass is 16.5. The van der Waals surface area contributed by atoms with E-state index in [4.69, 9.17) is 10.00 Å². The number of nitrogens with zero attached hydrogens (tertiary/aromatic N) is 1. The quantitative estimate of drug-likeness (QED) is 0.915. The summed E-state index contributed by atoms with van der Waals surface area (Å²) < 4.78 is 5.81. The second-order valence-corrected chi connectivity index (χ2v) is 4.93. The predicted octanol–water partition coefficient (Wildman–Crippen LogP) is 3.66. The number of carbonyl (C=O) groups excluding carboxylic acids is 1. The summed E-state index contributed by atoms with van der Waals surface area (Å²) >= 11 is 0. The van der Waals surface area contributed by atoms with E-state index in [1.807, 2.05) is 38.1 Å². The number of hydrogen-bond donors (Lipinski definition) is 1. The van der Waals surface area contributed by atoms with Crippen LogP contribution in [0.1, 0.15) is 24.5 Å². The topological polar surface area (TPSA) is 62.1 Å². The number of nitrogens with one attached hydrogen (secondary N) is 1. The van der Waals surface area contributed by atoms with E-state index in [-0.39, 0.29) is 5.91 Å². The fourth-order valence-corrected chi connectivity index (χ4v) is 2.07. The molecule has 0 aromatic heterocycles. The Morgan fingerprint density at radius 3 is 2.59 bits per heavy atom. The number of nitriles is 1. The molecule has 2 aromatic rings. The van der Waals surface area contributed by atoms with Gasteiger partial charge in [-0.1, -0.05) is 37.3 Å². The number of rotatable bonds is 5. The zero-order chi connectivity index (χ0) is 15.9. The van der Waals surface area contributed by atoms with Crippen molar-refractivity contribution in [3.63, 3.8) is 0 Å². The van der Waals surface area contributed by atoms with E-state index in [2.05, 4.69) is 11.4 Å². The molecule has 4 nitrogen and oxygen atoms in total. The fraction of sp³-hybridized carbons (Fsp3) is 0.222. The van der Waals surface area contributed by atoms with Gasteiger partial charge in [0.15, 0.2) is 6.10 Å². The third-order valence-electron chi connectivity index (χ3n) is 3.33. The van der Waals surface area contributed by atoms with Gasteiger partial charge in [-0.3, -0.25) is 4.79 Å². The van der Waals surface area contributed by atoms with Gasteiger partial charge in [0, 0.05) is 0 Å². The van der Waals surface area contributed by atoms with Gasteiger partial charge in [-0.05, 0) is 37.1 Å². The Kier molecular flexibility index (Phi) is 5.16. The molecule has 1 amide bonds. The van der Waals surface area contributed by atoms with Gasteiger partial charge < -0.3 is 10.1 Å². The Hall–Kier alpha value is -2.80. The summed E-state index contributed by atoms with van der Waals surface area (Å²) in [6.07, 6.45) is -0.0672. The first-order valence-electron chi connectivity index (χ1n) is 7.18. The van der Waals surface area contributed by atoms with Crippen LogP contribution in [-0.2, 0) is 4.79 Å². The van der Waals surface area contributed by atoms with Crippen molar-refractivity contribution in [2.75, 3.05) is 5.32 Å². The molecule has 0 saturated carbocycles. The minimum atomic E-state index is -0.604. The predicted molar refractivity (Wildman–Crippen MR) is 85.7 cm³/mol. The van der Waals surface area contributed by atoms with E-state index < -0.39 is 6.10 Å². The van der Waals surface area contributed by atoms with Gasteiger partial charge in [-0.25, -0.2) is 0 Å². The van der Waals surface area contributed by atoms with Gasteiger partial charge in [0.25, 0.3) is 5.91 Å². The minimum absolute atomic E-state index is 0.256. The third-order valence-corrected chi connectivity index (χ3v) is 3.33. The smallest absolute Gasteiger partial charge is 0.265 e. The van der Waals surface area contributed by atoms with Crippen LogP contribution in [0.5, 0.6) is 5.75 Å². The van der Waals surface area contributed by atoms with Crippen molar-refractivity contribution < 1.29 is 9.53 Å². The average Bonchev–Trinajstić information content (AvgIpc) is 2.54. The van der Waals surface area contributed by atoms with E-state index in [0.29, 0.717) is 23.4 Å². The van der Waals surface area contributed by atoms with Crippen molar-refractivity contribution in [2.45, 2.75) is 26.4 Å². The molecule has 0 heterocycles. The van der Waals surface area contributed by atoms with Crippen LogP contribution in [0.25, 0.3) is 0 Å². The van der Waals surface area contributed by atoms with E-state index in [0.717, 1.165) is 5.56 Å². The second kappa shape index (κ2) is 7.28. The third kappa shape index (κ3) is 3.64. The molecule has 0 fully saturated rings. The number of para-hydroxylation sites is 2. The molecule has 0 unspecified atom stereocenters. The van der Waals surface area contributed by atoms with Gasteiger partial charge in [0.05, 0.1) is 11.3 Å². The lowest BCUT2D eigenvalue weighted by Gasteiger charge is -2.18. The highest BCUT2D eigenvalue weighted by Crippen LogP contribution is 2.20. The number of carbonyl (C=O) groups is 1. The molecule has 2 aromatic carbocycles. The van der Waals surface area contributed by atoms with Crippen molar-refractivity contribution in [3.8, 4) is 11.8 Å². The molecule has 0 spiro atoms. The SMILES string of the molecule is CC[C@@H](Oc1ccccc1C)C(=O)Nc1ccccc1C#N. The first kappa shape index (κ1) is 15.6. The normalized spacial score (nSPS) is 11.3. The summed E-state index contributed by atoms with van der Waals surface area (Å²) in [5.41, 5.74) is 1.91. The standard InChI is InChI=1S/C18H18N2O2/c1-3-16(22-17-11-7-4-8-13(17)2)18(21)20-15-10-6-5-9-14(15)12-19/h4-11,16H,3H2,1-2H3,(H,20,21)/t16-/m1/s1. The Bertz CT molecular complexity index is 704. The molecule has 2 rings (SSSR count). The second-order valence-electron chi connectivity index (χ2n) is 4.93. The molecule has 4 heteroatoms. The Morgan fingerprint density at radius 1 is 1.23 bits per heavy atom. The highest BCUT2D eigenvalue weighted by molar-refractivity contribution is 5.95. The summed E-state index contributed by atoms with van der Waals surface area (Å²) in [6.45, 7) is 3.82. The van der Waals surface area contributed by atoms with Gasteiger partial charge >= 0.3 is 0 Å². The number of hydrogen-bond acceptors (Lipinski definition) is 3. The highest BCUT2D eigenvalue weighted by Gasteiger charge is 2.20. The maximum Gasteiger partial charge on any atom is 0.265 e. The average molecular weight is 294 g/mol.